The van der Waals surface area contributed by atoms with Crippen molar-refractivity contribution < 1.29 is 27.6 Å². The summed E-state index contributed by atoms with van der Waals surface area (Å²) in [5.41, 5.74) is 1.09. The Morgan fingerprint density at radius 3 is 1.45 bits per heavy atom. The second-order valence-electron chi connectivity index (χ2n) is 16.4. The highest BCUT2D eigenvalue weighted by molar-refractivity contribution is 7.48. The molecule has 2 aliphatic heterocycles. The molecule has 1 aromatic carbocycles. The van der Waals surface area contributed by atoms with E-state index in [1.165, 1.54) is 148 Å². The Bertz CT molecular complexity index is 991. The molecular weight excluding hydrogens is 707 g/mol. The zero-order valence-corrected chi connectivity index (χ0v) is 36.5. The zero-order chi connectivity index (χ0) is 38.8. The fraction of sp³-hybridized carbons (Fsp3) is 0.870. The lowest BCUT2D eigenvalue weighted by Crippen LogP contribution is -2.26. The molecule has 2 saturated heterocycles. The average molecular weight is 793 g/mol. The third-order valence-corrected chi connectivity index (χ3v) is 12.8. The van der Waals surface area contributed by atoms with Gasteiger partial charge in [-0.15, -0.1) is 0 Å². The SMILES string of the molecule is CCCCCCCCCCCCCCCCCCOCC(COP(=O)(OCCCCCN1CCCC1)OCCCCCN1CCCC1)OCc1ccccc1. The van der Waals surface area contributed by atoms with Crippen molar-refractivity contribution >= 4 is 7.82 Å². The Kier molecular flexibility index (Phi) is 30.1. The molecule has 55 heavy (non-hydrogen) atoms. The van der Waals surface area contributed by atoms with Crippen LogP contribution in [0.15, 0.2) is 30.3 Å². The standard InChI is InChI=1S/C46H85N2O6P/c1-2-3-4-5-6-7-8-9-10-11-12-13-14-15-16-28-39-50-43-46(51-42-45-31-20-17-21-32-45)44-54-55(49,52-40-29-18-22-33-47-35-24-25-36-47)53-41-30-19-23-34-48-37-26-27-38-48/h17,20-21,31-32,46H,2-16,18-19,22-30,33-44H2,1H3. The molecule has 320 valence electrons. The van der Waals surface area contributed by atoms with Crippen LogP contribution in [0.3, 0.4) is 0 Å². The molecule has 0 saturated carbocycles. The van der Waals surface area contributed by atoms with Crippen LogP contribution in [0.1, 0.15) is 179 Å². The summed E-state index contributed by atoms with van der Waals surface area (Å²) in [5, 5.41) is 0. The fourth-order valence-corrected chi connectivity index (χ4v) is 9.06. The van der Waals surface area contributed by atoms with Gasteiger partial charge in [0.25, 0.3) is 0 Å². The zero-order valence-electron chi connectivity index (χ0n) is 35.6. The first-order valence-electron chi connectivity index (χ1n) is 23.4. The molecule has 0 aromatic heterocycles. The minimum atomic E-state index is -3.74. The number of nitrogens with zero attached hydrogens (tertiary/aromatic N) is 2. The van der Waals surface area contributed by atoms with Gasteiger partial charge in [-0.25, -0.2) is 4.57 Å². The van der Waals surface area contributed by atoms with Gasteiger partial charge in [-0.1, -0.05) is 134 Å². The lowest BCUT2D eigenvalue weighted by molar-refractivity contribution is -0.0522. The predicted molar refractivity (Wildman–Crippen MR) is 230 cm³/mol. The summed E-state index contributed by atoms with van der Waals surface area (Å²) >= 11 is 0. The van der Waals surface area contributed by atoms with E-state index >= 15 is 0 Å². The van der Waals surface area contributed by atoms with Crippen molar-refractivity contribution in [3.63, 3.8) is 0 Å². The number of rotatable bonds is 39. The first-order valence-corrected chi connectivity index (χ1v) is 24.8. The van der Waals surface area contributed by atoms with Gasteiger partial charge < -0.3 is 19.3 Å². The van der Waals surface area contributed by atoms with Gasteiger partial charge in [0, 0.05) is 6.61 Å². The highest BCUT2D eigenvalue weighted by atomic mass is 31.2. The fourth-order valence-electron chi connectivity index (χ4n) is 7.78. The van der Waals surface area contributed by atoms with Crippen LogP contribution in [0.4, 0.5) is 0 Å². The normalized spacial score (nSPS) is 16.1. The lowest BCUT2D eigenvalue weighted by atomic mass is 10.0. The molecule has 1 aromatic rings. The highest BCUT2D eigenvalue weighted by Gasteiger charge is 2.29. The van der Waals surface area contributed by atoms with E-state index in [0.29, 0.717) is 33.0 Å². The molecule has 9 heteroatoms. The van der Waals surface area contributed by atoms with E-state index in [0.717, 1.165) is 63.6 Å². The number of phosphoric ester groups is 1. The number of phosphoric acid groups is 1. The van der Waals surface area contributed by atoms with Crippen molar-refractivity contribution in [3.8, 4) is 0 Å². The maximum atomic E-state index is 13.9. The predicted octanol–water partition coefficient (Wildman–Crippen LogP) is 12.5. The Balaban J connectivity index is 1.32. The number of hydrogen-bond acceptors (Lipinski definition) is 8. The lowest BCUT2D eigenvalue weighted by Gasteiger charge is -2.23. The van der Waals surface area contributed by atoms with Crippen molar-refractivity contribution in [1.82, 2.24) is 9.80 Å². The van der Waals surface area contributed by atoms with Gasteiger partial charge in [0.05, 0.1) is 33.0 Å². The van der Waals surface area contributed by atoms with Gasteiger partial charge in [-0.3, -0.25) is 13.6 Å². The molecule has 0 radical (unpaired) electrons. The number of ether oxygens (including phenoxy) is 2. The molecule has 0 bridgehead atoms. The Morgan fingerprint density at radius 1 is 0.527 bits per heavy atom. The summed E-state index contributed by atoms with van der Waals surface area (Å²) in [6.07, 6.45) is 32.6. The molecule has 2 heterocycles. The molecular formula is C46H85N2O6P. The van der Waals surface area contributed by atoms with Gasteiger partial charge in [0.1, 0.15) is 6.10 Å². The van der Waals surface area contributed by atoms with Gasteiger partial charge in [-0.05, 0) is 115 Å². The summed E-state index contributed by atoms with van der Waals surface area (Å²) < 4.78 is 44.2. The molecule has 0 aliphatic carbocycles. The molecule has 2 aliphatic rings. The molecule has 8 nitrogen and oxygen atoms in total. The van der Waals surface area contributed by atoms with Crippen LogP contribution < -0.4 is 0 Å². The van der Waals surface area contributed by atoms with E-state index in [9.17, 15) is 4.57 Å². The monoisotopic (exact) mass is 793 g/mol. The largest absolute Gasteiger partial charge is 0.474 e. The molecule has 1 unspecified atom stereocenters. The molecule has 1 atom stereocenters. The average Bonchev–Trinajstić information content (AvgIpc) is 3.94. The molecule has 0 spiro atoms. The maximum Gasteiger partial charge on any atom is 0.474 e. The van der Waals surface area contributed by atoms with Crippen molar-refractivity contribution in [3.05, 3.63) is 35.9 Å². The molecule has 0 N–H and O–H groups in total. The van der Waals surface area contributed by atoms with Crippen LogP contribution in [0, 0.1) is 0 Å². The molecule has 0 amide bonds. The highest BCUT2D eigenvalue weighted by Crippen LogP contribution is 2.50. The summed E-state index contributed by atoms with van der Waals surface area (Å²) in [4.78, 5) is 5.08. The van der Waals surface area contributed by atoms with Crippen LogP contribution in [-0.2, 0) is 34.2 Å². The van der Waals surface area contributed by atoms with E-state index in [1.807, 2.05) is 18.2 Å². The van der Waals surface area contributed by atoms with Crippen molar-refractivity contribution in [2.45, 2.75) is 187 Å². The number of unbranched alkanes of at least 4 members (excludes halogenated alkanes) is 19. The van der Waals surface area contributed by atoms with Gasteiger partial charge in [0.2, 0.25) is 0 Å². The van der Waals surface area contributed by atoms with Crippen LogP contribution in [-0.4, -0.2) is 88.2 Å². The summed E-state index contributed by atoms with van der Waals surface area (Å²) in [6, 6.07) is 10.2. The second-order valence-corrected chi connectivity index (χ2v) is 18.1. The van der Waals surface area contributed by atoms with Gasteiger partial charge >= 0.3 is 7.82 Å². The van der Waals surface area contributed by atoms with Crippen molar-refractivity contribution in [2.75, 3.05) is 72.3 Å². The van der Waals surface area contributed by atoms with Gasteiger partial charge in [0.15, 0.2) is 0 Å². The smallest absolute Gasteiger partial charge is 0.379 e. The van der Waals surface area contributed by atoms with E-state index in [1.54, 1.807) is 0 Å². The molecule has 2 fully saturated rings. The Labute approximate surface area is 339 Å². The number of hydrogen-bond donors (Lipinski definition) is 0. The Morgan fingerprint density at radius 2 is 0.964 bits per heavy atom. The minimum absolute atomic E-state index is 0.104. The van der Waals surface area contributed by atoms with Gasteiger partial charge in [-0.2, -0.15) is 0 Å². The third kappa shape index (κ3) is 26.7. The van der Waals surface area contributed by atoms with Crippen molar-refractivity contribution in [2.24, 2.45) is 0 Å². The maximum absolute atomic E-state index is 13.9. The quantitative estimate of drug-likeness (QED) is 0.0482. The Hall–Kier alpha value is -0.830. The third-order valence-electron chi connectivity index (χ3n) is 11.3. The van der Waals surface area contributed by atoms with Crippen LogP contribution in [0.2, 0.25) is 0 Å². The topological polar surface area (TPSA) is 69.7 Å². The number of benzene rings is 1. The van der Waals surface area contributed by atoms with E-state index in [-0.39, 0.29) is 12.7 Å². The molecule has 3 rings (SSSR count). The van der Waals surface area contributed by atoms with E-state index < -0.39 is 7.82 Å². The summed E-state index contributed by atoms with van der Waals surface area (Å²) in [5.74, 6) is 0. The first-order chi connectivity index (χ1) is 27.2. The minimum Gasteiger partial charge on any atom is -0.379 e. The summed E-state index contributed by atoms with van der Waals surface area (Å²) in [7, 11) is -3.74. The van der Waals surface area contributed by atoms with E-state index in [4.69, 9.17) is 23.0 Å². The van der Waals surface area contributed by atoms with Crippen LogP contribution >= 0.6 is 7.82 Å². The van der Waals surface area contributed by atoms with Crippen LogP contribution in [0.5, 0.6) is 0 Å². The second kappa shape index (κ2) is 34.1. The first kappa shape index (κ1) is 48.5. The number of likely N-dealkylation sites (tertiary alicyclic amines) is 2. The van der Waals surface area contributed by atoms with Crippen molar-refractivity contribution in [1.29, 1.82) is 0 Å². The van der Waals surface area contributed by atoms with Crippen LogP contribution in [0.25, 0.3) is 0 Å². The van der Waals surface area contributed by atoms with E-state index in [2.05, 4.69) is 28.9 Å². The summed E-state index contributed by atoms with van der Waals surface area (Å²) in [6.45, 7) is 11.8.